The van der Waals surface area contributed by atoms with Gasteiger partial charge in [-0.1, -0.05) is 13.3 Å². The summed E-state index contributed by atoms with van der Waals surface area (Å²) in [4.78, 5) is 44.4. The second-order valence-electron chi connectivity index (χ2n) is 4.15. The van der Waals surface area contributed by atoms with Crippen LogP contribution in [0.5, 0.6) is 0 Å². The average Bonchev–Trinajstić information content (AvgIpc) is 2.49. The van der Waals surface area contributed by atoms with Crippen molar-refractivity contribution in [2.24, 2.45) is 16.5 Å². The molecule has 0 aliphatic carbocycles. The number of hydrogen-bond donors (Lipinski definition) is 4. The molecule has 18 heteroatoms. The van der Waals surface area contributed by atoms with Crippen LogP contribution < -0.4 is 16.8 Å². The lowest BCUT2D eigenvalue weighted by molar-refractivity contribution is -0.803. The summed E-state index contributed by atoms with van der Waals surface area (Å²) in [5.41, 5.74) is 10.3. The first-order valence-electron chi connectivity index (χ1n) is 6.85. The lowest BCUT2D eigenvalue weighted by atomic mass is 10.3. The first kappa shape index (κ1) is 28.4. The number of hydrogen-bond acceptors (Lipinski definition) is 11. The molecule has 27 heavy (non-hydrogen) atoms. The summed E-state index contributed by atoms with van der Waals surface area (Å²) in [6, 6.07) is 0. The Morgan fingerprint density at radius 3 is 1.93 bits per heavy atom. The number of nitrogens with two attached hydrogens (primary N) is 2. The van der Waals surface area contributed by atoms with Crippen LogP contribution in [0.15, 0.2) is 4.99 Å². The molecule has 0 radical (unpaired) electrons. The van der Waals surface area contributed by atoms with Crippen LogP contribution in [0.2, 0.25) is 0 Å². The molecule has 0 spiro atoms. The molecule has 0 unspecified atom stereocenters. The van der Waals surface area contributed by atoms with Crippen molar-refractivity contribution in [2.75, 3.05) is 19.8 Å². The SMILES string of the molecule is CCCCN=C(N)NC(=N)N.Cl.O=[N+]([O-])OCC(CO[N+](=O)[O-])O[N+](=O)[O-]. The van der Waals surface area contributed by atoms with E-state index in [2.05, 4.69) is 31.7 Å². The Kier molecular flexibility index (Phi) is 18.4. The van der Waals surface area contributed by atoms with Gasteiger partial charge in [0.2, 0.25) is 0 Å². The van der Waals surface area contributed by atoms with Crippen LogP contribution in [-0.2, 0) is 14.5 Å². The fraction of sp³-hybridized carbons (Fsp3) is 0.778. The molecular formula is C9H21ClN8O9. The van der Waals surface area contributed by atoms with Gasteiger partial charge in [-0.25, -0.2) is 0 Å². The van der Waals surface area contributed by atoms with Gasteiger partial charge in [0.05, 0.1) is 0 Å². The molecule has 0 amide bonds. The highest BCUT2D eigenvalue weighted by Crippen LogP contribution is 1.96. The molecule has 0 aliphatic heterocycles. The Morgan fingerprint density at radius 2 is 1.59 bits per heavy atom. The summed E-state index contributed by atoms with van der Waals surface area (Å²) in [7, 11) is 0. The number of unbranched alkanes of at least 4 members (excludes halogenated alkanes) is 1. The van der Waals surface area contributed by atoms with E-state index >= 15 is 0 Å². The molecule has 17 nitrogen and oxygen atoms in total. The maximum atomic E-state index is 9.83. The molecule has 0 rings (SSSR count). The Morgan fingerprint density at radius 1 is 1.11 bits per heavy atom. The minimum Gasteiger partial charge on any atom is -0.370 e. The highest BCUT2D eigenvalue weighted by atomic mass is 35.5. The van der Waals surface area contributed by atoms with Gasteiger partial charge in [-0.15, -0.1) is 42.7 Å². The third-order valence-electron chi connectivity index (χ3n) is 2.02. The van der Waals surface area contributed by atoms with E-state index in [0.717, 1.165) is 12.8 Å². The second kappa shape index (κ2) is 17.5. The van der Waals surface area contributed by atoms with E-state index in [1.165, 1.54) is 0 Å². The molecule has 0 heterocycles. The van der Waals surface area contributed by atoms with E-state index in [-0.39, 0.29) is 24.3 Å². The molecule has 0 aliphatic rings. The summed E-state index contributed by atoms with van der Waals surface area (Å²) < 4.78 is 0. The number of nitrogens with zero attached hydrogens (tertiary/aromatic N) is 4. The Labute approximate surface area is 158 Å². The Hall–Kier alpha value is -3.37. The maximum absolute atomic E-state index is 9.83. The first-order valence-corrected chi connectivity index (χ1v) is 6.85. The monoisotopic (exact) mass is 420 g/mol. The van der Waals surface area contributed by atoms with E-state index in [4.69, 9.17) is 16.9 Å². The molecule has 0 atom stereocenters. The van der Waals surface area contributed by atoms with E-state index in [1.54, 1.807) is 0 Å². The van der Waals surface area contributed by atoms with Gasteiger partial charge in [0.25, 0.3) is 15.3 Å². The third kappa shape index (κ3) is 25.0. The predicted molar refractivity (Wildman–Crippen MR) is 91.5 cm³/mol. The number of nitrogens with one attached hydrogen (secondary N) is 2. The lowest BCUT2D eigenvalue weighted by Gasteiger charge is -2.11. The molecule has 0 bridgehead atoms. The zero-order valence-corrected chi connectivity index (χ0v) is 15.0. The fourth-order valence-corrected chi connectivity index (χ4v) is 1.05. The van der Waals surface area contributed by atoms with E-state index in [0.29, 0.717) is 6.54 Å². The minimum absolute atomic E-state index is 0. The van der Waals surface area contributed by atoms with Crippen molar-refractivity contribution in [3.05, 3.63) is 30.3 Å². The largest absolute Gasteiger partial charge is 0.370 e. The van der Waals surface area contributed by atoms with Crippen molar-refractivity contribution in [1.82, 2.24) is 5.32 Å². The first-order chi connectivity index (χ1) is 12.1. The van der Waals surface area contributed by atoms with Crippen LogP contribution in [0.1, 0.15) is 19.8 Å². The minimum atomic E-state index is -1.55. The van der Waals surface area contributed by atoms with Gasteiger partial charge >= 0.3 is 0 Å². The molecule has 0 aromatic rings. The topological polar surface area (TPSA) is 257 Å². The van der Waals surface area contributed by atoms with Gasteiger partial charge in [0.1, 0.15) is 13.2 Å². The Bertz CT molecular complexity index is 488. The van der Waals surface area contributed by atoms with Crippen LogP contribution >= 0.6 is 12.4 Å². The number of rotatable bonds is 11. The summed E-state index contributed by atoms with van der Waals surface area (Å²) in [6.45, 7) is 1.07. The number of aliphatic imine (C=N–C) groups is 1. The predicted octanol–water partition coefficient (Wildman–Crippen LogP) is -1.01. The molecule has 0 saturated heterocycles. The average molecular weight is 421 g/mol. The summed E-state index contributed by atoms with van der Waals surface area (Å²) in [5.74, 6) is 0.0358. The molecule has 158 valence electrons. The van der Waals surface area contributed by atoms with Gasteiger partial charge < -0.3 is 26.0 Å². The van der Waals surface area contributed by atoms with Crippen LogP contribution in [-0.4, -0.2) is 53.0 Å². The molecular weight excluding hydrogens is 400 g/mol. The smallest absolute Gasteiger partial charge is 0.294 e. The zero-order valence-electron chi connectivity index (χ0n) is 14.1. The van der Waals surface area contributed by atoms with E-state index in [1.807, 2.05) is 0 Å². The van der Waals surface area contributed by atoms with Gasteiger partial charge in [0.15, 0.2) is 18.0 Å². The van der Waals surface area contributed by atoms with Gasteiger partial charge in [-0.3, -0.25) is 15.7 Å². The maximum Gasteiger partial charge on any atom is 0.294 e. The van der Waals surface area contributed by atoms with Crippen LogP contribution in [0.3, 0.4) is 0 Å². The fourth-order valence-electron chi connectivity index (χ4n) is 1.05. The summed E-state index contributed by atoms with van der Waals surface area (Å²) in [5, 5.41) is 34.7. The zero-order chi connectivity index (χ0) is 20.5. The molecule has 6 N–H and O–H groups in total. The van der Waals surface area contributed by atoms with Crippen molar-refractivity contribution in [3.63, 3.8) is 0 Å². The normalized spacial score (nSPS) is 9.78. The van der Waals surface area contributed by atoms with Crippen molar-refractivity contribution in [3.8, 4) is 0 Å². The molecule has 0 saturated carbocycles. The summed E-state index contributed by atoms with van der Waals surface area (Å²) >= 11 is 0. The number of halogens is 1. The second-order valence-corrected chi connectivity index (χ2v) is 4.15. The molecule has 0 aromatic carbocycles. The lowest BCUT2D eigenvalue weighted by Crippen LogP contribution is -2.40. The Balaban J connectivity index is -0.000000430. The molecule has 0 aromatic heterocycles. The quantitative estimate of drug-likeness (QED) is 0.103. The van der Waals surface area contributed by atoms with E-state index < -0.39 is 34.6 Å². The van der Waals surface area contributed by atoms with Crippen LogP contribution in [0.25, 0.3) is 0 Å². The number of guanidine groups is 2. The van der Waals surface area contributed by atoms with E-state index in [9.17, 15) is 30.3 Å². The highest BCUT2D eigenvalue weighted by Gasteiger charge is 2.17. The van der Waals surface area contributed by atoms with Crippen molar-refractivity contribution < 1.29 is 29.8 Å². The summed E-state index contributed by atoms with van der Waals surface area (Å²) in [6.07, 6.45) is 0.535. The van der Waals surface area contributed by atoms with Crippen molar-refractivity contribution in [1.29, 1.82) is 5.41 Å². The molecule has 0 fully saturated rings. The van der Waals surface area contributed by atoms with Gasteiger partial charge in [-0.05, 0) is 6.42 Å². The van der Waals surface area contributed by atoms with Crippen LogP contribution in [0, 0.1) is 35.8 Å². The highest BCUT2D eigenvalue weighted by molar-refractivity contribution is 5.95. The standard InChI is InChI=1S/C6H15N5.C3H5N3O9.ClH/c1-2-3-4-10-6(9)11-5(7)8;7-4(8)13-1-3(15-6(11)12)2-14-5(9)10;/h2-4H2,1H3,(H6,7,8,9,10,11);3H,1-2H2;1H. The van der Waals surface area contributed by atoms with Crippen LogP contribution in [0.4, 0.5) is 0 Å². The third-order valence-corrected chi connectivity index (χ3v) is 2.02. The van der Waals surface area contributed by atoms with Crippen molar-refractivity contribution in [2.45, 2.75) is 25.9 Å². The van der Waals surface area contributed by atoms with Crippen molar-refractivity contribution >= 4 is 24.3 Å². The van der Waals surface area contributed by atoms with Gasteiger partial charge in [-0.2, -0.15) is 0 Å². The van der Waals surface area contributed by atoms with Gasteiger partial charge in [0, 0.05) is 6.54 Å².